The summed E-state index contributed by atoms with van der Waals surface area (Å²) in [5.74, 6) is 0.389. The number of fused-ring (bicyclic) bond motifs is 5. The molecule has 30 heavy (non-hydrogen) atoms. The molecular formula is C21H19FN6OS. The zero-order valence-electron chi connectivity index (χ0n) is 16.7. The van der Waals surface area contributed by atoms with Crippen LogP contribution in [0.2, 0.25) is 0 Å². The largest absolute Gasteiger partial charge is 0.381 e. The highest BCUT2D eigenvalue weighted by Crippen LogP contribution is 2.41. The number of hydrogen-bond acceptors (Lipinski definition) is 7. The average Bonchev–Trinajstić information content (AvgIpc) is 3.05. The smallest absolute Gasteiger partial charge is 0.263 e. The minimum absolute atomic E-state index is 0.0653. The predicted molar refractivity (Wildman–Crippen MR) is 117 cm³/mol. The molecule has 0 aliphatic carbocycles. The Labute approximate surface area is 176 Å². The van der Waals surface area contributed by atoms with Gasteiger partial charge in [0.1, 0.15) is 22.8 Å². The van der Waals surface area contributed by atoms with E-state index in [0.717, 1.165) is 26.7 Å². The summed E-state index contributed by atoms with van der Waals surface area (Å²) in [4.78, 5) is 27.5. The maximum atomic E-state index is 13.5. The van der Waals surface area contributed by atoms with Crippen molar-refractivity contribution < 1.29 is 9.18 Å². The summed E-state index contributed by atoms with van der Waals surface area (Å²) in [7, 11) is 1.78. The number of thiophene rings is 1. The van der Waals surface area contributed by atoms with Gasteiger partial charge in [0.05, 0.1) is 16.7 Å². The van der Waals surface area contributed by atoms with E-state index in [9.17, 15) is 9.18 Å². The monoisotopic (exact) mass is 422 g/mol. The number of aromatic nitrogens is 3. The molecule has 0 bridgehead atoms. The van der Waals surface area contributed by atoms with Gasteiger partial charge in [0.2, 0.25) is 5.95 Å². The fraction of sp³-hybridized carbons (Fsp3) is 0.238. The van der Waals surface area contributed by atoms with Crippen LogP contribution in [0.5, 0.6) is 0 Å². The number of nitrogens with one attached hydrogen (secondary N) is 2. The zero-order valence-corrected chi connectivity index (χ0v) is 17.5. The van der Waals surface area contributed by atoms with Gasteiger partial charge < -0.3 is 15.5 Å². The molecule has 0 radical (unpaired) electrons. The minimum Gasteiger partial charge on any atom is -0.381 e. The van der Waals surface area contributed by atoms with Crippen molar-refractivity contribution in [3.8, 4) is 0 Å². The first-order valence-corrected chi connectivity index (χ1v) is 10.3. The molecule has 1 amide bonds. The van der Waals surface area contributed by atoms with Gasteiger partial charge in [0.15, 0.2) is 0 Å². The quantitative estimate of drug-likeness (QED) is 0.474. The molecule has 1 aliphatic rings. The molecule has 5 rings (SSSR count). The Bertz CT molecular complexity index is 1320. The molecule has 0 saturated carbocycles. The summed E-state index contributed by atoms with van der Waals surface area (Å²) in [6, 6.07) is 9.03. The summed E-state index contributed by atoms with van der Waals surface area (Å²) in [5, 5.41) is 8.48. The van der Waals surface area contributed by atoms with Crippen molar-refractivity contribution in [1.29, 1.82) is 0 Å². The van der Waals surface area contributed by atoms with Crippen LogP contribution in [-0.4, -0.2) is 40.0 Å². The number of halogens is 1. The van der Waals surface area contributed by atoms with Crippen molar-refractivity contribution in [1.82, 2.24) is 20.3 Å². The lowest BCUT2D eigenvalue weighted by molar-refractivity contribution is 0.0926. The van der Waals surface area contributed by atoms with E-state index >= 15 is 0 Å². The molecule has 0 saturated heterocycles. The molecule has 1 aromatic carbocycles. The van der Waals surface area contributed by atoms with Crippen LogP contribution in [0.1, 0.15) is 23.5 Å². The third-order valence-electron chi connectivity index (χ3n) is 5.18. The van der Waals surface area contributed by atoms with E-state index in [1.54, 1.807) is 11.9 Å². The van der Waals surface area contributed by atoms with E-state index in [0.29, 0.717) is 23.1 Å². The zero-order chi connectivity index (χ0) is 21.0. The van der Waals surface area contributed by atoms with Crippen LogP contribution >= 0.6 is 11.3 Å². The van der Waals surface area contributed by atoms with Crippen molar-refractivity contribution in [3.05, 3.63) is 47.5 Å². The maximum Gasteiger partial charge on any atom is 0.263 e. The molecule has 1 aliphatic heterocycles. The molecule has 9 heteroatoms. The van der Waals surface area contributed by atoms with Gasteiger partial charge in [-0.1, -0.05) is 0 Å². The summed E-state index contributed by atoms with van der Waals surface area (Å²) >= 11 is 1.47. The summed E-state index contributed by atoms with van der Waals surface area (Å²) in [5.41, 5.74) is 1.30. The van der Waals surface area contributed by atoms with E-state index in [-0.39, 0.29) is 11.4 Å². The molecule has 152 valence electrons. The Balaban J connectivity index is 1.64. The number of benzene rings is 1. The number of amides is 1. The first kappa shape index (κ1) is 18.7. The molecule has 7 nitrogen and oxygen atoms in total. The van der Waals surface area contributed by atoms with Crippen LogP contribution in [0.15, 0.2) is 36.7 Å². The fourth-order valence-electron chi connectivity index (χ4n) is 3.65. The van der Waals surface area contributed by atoms with Crippen molar-refractivity contribution >= 4 is 55.6 Å². The number of carbonyl (C=O) groups is 1. The molecule has 0 atom stereocenters. The highest BCUT2D eigenvalue weighted by Gasteiger charge is 2.30. The number of carbonyl (C=O) groups excluding carboxylic acids is 1. The van der Waals surface area contributed by atoms with Gasteiger partial charge in [0, 0.05) is 35.1 Å². The van der Waals surface area contributed by atoms with E-state index in [1.807, 2.05) is 38.1 Å². The maximum absolute atomic E-state index is 13.5. The highest BCUT2D eigenvalue weighted by molar-refractivity contribution is 7.21. The Morgan fingerprint density at radius 1 is 1.17 bits per heavy atom. The molecule has 2 N–H and O–H groups in total. The van der Waals surface area contributed by atoms with Gasteiger partial charge in [0.25, 0.3) is 5.91 Å². The standard InChI is InChI=1S/C21H19FN6OS/c1-21(2)9-23-18-17-11-4-7-15(28(3)16-8-14(22)24-10-25-16)26-12(11)5-6-13(17)30-19(18)20(29)27-21/h4-8,10,23H,9H2,1-3H3,(H,27,29). The van der Waals surface area contributed by atoms with Crippen LogP contribution in [0.4, 0.5) is 21.7 Å². The molecule has 4 heterocycles. The molecule has 0 spiro atoms. The Kier molecular flexibility index (Phi) is 4.11. The number of hydrogen-bond donors (Lipinski definition) is 2. The number of nitrogens with zero attached hydrogens (tertiary/aromatic N) is 4. The van der Waals surface area contributed by atoms with Gasteiger partial charge in [-0.2, -0.15) is 4.39 Å². The molecule has 3 aromatic heterocycles. The van der Waals surface area contributed by atoms with Gasteiger partial charge in [-0.25, -0.2) is 15.0 Å². The summed E-state index contributed by atoms with van der Waals surface area (Å²) < 4.78 is 14.5. The van der Waals surface area contributed by atoms with E-state index in [2.05, 4.69) is 20.6 Å². The Morgan fingerprint density at radius 2 is 2.00 bits per heavy atom. The summed E-state index contributed by atoms with van der Waals surface area (Å²) in [6.45, 7) is 4.62. The second-order valence-corrected chi connectivity index (χ2v) is 8.98. The SMILES string of the molecule is CN(c1cc(F)ncn1)c1ccc2c(ccc3sc4c(c32)NCC(C)(C)NC4=O)n1. The second-order valence-electron chi connectivity index (χ2n) is 7.93. The summed E-state index contributed by atoms with van der Waals surface area (Å²) in [6.07, 6.45) is 1.19. The minimum atomic E-state index is -0.595. The van der Waals surface area contributed by atoms with E-state index in [4.69, 9.17) is 4.98 Å². The lowest BCUT2D eigenvalue weighted by atomic mass is 10.1. The topological polar surface area (TPSA) is 83.0 Å². The van der Waals surface area contributed by atoms with Crippen molar-refractivity contribution in [2.24, 2.45) is 0 Å². The van der Waals surface area contributed by atoms with Crippen LogP contribution in [-0.2, 0) is 0 Å². The predicted octanol–water partition coefficient (Wildman–Crippen LogP) is 4.08. The molecular weight excluding hydrogens is 403 g/mol. The van der Waals surface area contributed by atoms with Gasteiger partial charge in [-0.05, 0) is 38.1 Å². The Morgan fingerprint density at radius 3 is 2.80 bits per heavy atom. The van der Waals surface area contributed by atoms with Gasteiger partial charge in [-0.3, -0.25) is 4.79 Å². The normalized spacial score (nSPS) is 15.4. The van der Waals surface area contributed by atoms with Crippen LogP contribution in [0.3, 0.4) is 0 Å². The van der Waals surface area contributed by atoms with Crippen molar-refractivity contribution in [3.63, 3.8) is 0 Å². The average molecular weight is 422 g/mol. The molecule has 0 fully saturated rings. The van der Waals surface area contributed by atoms with Gasteiger partial charge >= 0.3 is 0 Å². The van der Waals surface area contributed by atoms with Gasteiger partial charge in [-0.15, -0.1) is 11.3 Å². The fourth-order valence-corrected chi connectivity index (χ4v) is 4.74. The number of pyridine rings is 1. The van der Waals surface area contributed by atoms with E-state index in [1.165, 1.54) is 23.7 Å². The van der Waals surface area contributed by atoms with E-state index < -0.39 is 5.95 Å². The third-order valence-corrected chi connectivity index (χ3v) is 6.33. The van der Waals surface area contributed by atoms with Crippen molar-refractivity contribution in [2.45, 2.75) is 19.4 Å². The molecule has 0 unspecified atom stereocenters. The van der Waals surface area contributed by atoms with Crippen LogP contribution < -0.4 is 15.5 Å². The highest BCUT2D eigenvalue weighted by atomic mass is 32.1. The lowest BCUT2D eigenvalue weighted by Crippen LogP contribution is -2.46. The van der Waals surface area contributed by atoms with Crippen molar-refractivity contribution in [2.75, 3.05) is 23.8 Å². The lowest BCUT2D eigenvalue weighted by Gasteiger charge is -2.23. The Hall–Kier alpha value is -3.33. The first-order valence-electron chi connectivity index (χ1n) is 9.46. The molecule has 4 aromatic rings. The van der Waals surface area contributed by atoms with Crippen LogP contribution in [0.25, 0.3) is 21.0 Å². The first-order chi connectivity index (χ1) is 14.3. The number of anilines is 3. The second kappa shape index (κ2) is 6.60. The van der Waals surface area contributed by atoms with Crippen LogP contribution in [0, 0.1) is 5.95 Å². The third kappa shape index (κ3) is 3.02. The number of rotatable bonds is 2.